The van der Waals surface area contributed by atoms with E-state index in [-0.39, 0.29) is 10.8 Å². The Labute approximate surface area is 160 Å². The smallest absolute Gasteiger partial charge is 0.00550 e. The highest BCUT2D eigenvalue weighted by atomic mass is 14.3. The van der Waals surface area contributed by atoms with E-state index in [1.165, 1.54) is 39.0 Å². The van der Waals surface area contributed by atoms with Crippen molar-refractivity contribution in [1.82, 2.24) is 0 Å². The fourth-order valence-electron chi connectivity index (χ4n) is 4.01. The predicted molar refractivity (Wildman–Crippen MR) is 116 cm³/mol. The molecule has 138 valence electrons. The molecule has 2 aromatic carbocycles. The first kappa shape index (κ1) is 19.0. The minimum atomic E-state index is 0.146. The van der Waals surface area contributed by atoms with Crippen LogP contribution in [0.3, 0.4) is 0 Å². The molecule has 2 aromatic rings. The van der Waals surface area contributed by atoms with E-state index >= 15 is 0 Å². The highest BCUT2D eigenvalue weighted by Gasteiger charge is 2.24. The fraction of sp³-hybridized carbons (Fsp3) is 0.462. The molecule has 0 fully saturated rings. The van der Waals surface area contributed by atoms with Crippen molar-refractivity contribution in [3.8, 4) is 11.1 Å². The second-order valence-electron chi connectivity index (χ2n) is 9.90. The Balaban J connectivity index is 2.27. The third-order valence-corrected chi connectivity index (χ3v) is 5.86. The molecule has 0 heteroatoms. The lowest BCUT2D eigenvalue weighted by Crippen LogP contribution is -2.16. The van der Waals surface area contributed by atoms with Gasteiger partial charge in [-0.05, 0) is 69.5 Å². The van der Waals surface area contributed by atoms with E-state index in [0.29, 0.717) is 0 Å². The number of hydrogen-bond donors (Lipinski definition) is 0. The second kappa shape index (κ2) is 6.41. The van der Waals surface area contributed by atoms with Crippen molar-refractivity contribution in [2.24, 2.45) is 0 Å². The minimum absolute atomic E-state index is 0.146. The van der Waals surface area contributed by atoms with Gasteiger partial charge in [-0.1, -0.05) is 90.4 Å². The summed E-state index contributed by atoms with van der Waals surface area (Å²) in [6, 6.07) is 14.1. The summed E-state index contributed by atoms with van der Waals surface area (Å²) in [4.78, 5) is 0. The summed E-state index contributed by atoms with van der Waals surface area (Å²) in [5, 5.41) is 0. The summed E-state index contributed by atoms with van der Waals surface area (Å²) in [5.74, 6) is 0. The minimum Gasteiger partial charge on any atom is -0.0625 e. The molecule has 0 radical (unpaired) electrons. The van der Waals surface area contributed by atoms with Gasteiger partial charge in [0.15, 0.2) is 0 Å². The Bertz CT molecular complexity index is 832. The summed E-state index contributed by atoms with van der Waals surface area (Å²) in [6.45, 7) is 18.5. The topological polar surface area (TPSA) is 0 Å². The summed E-state index contributed by atoms with van der Waals surface area (Å²) in [5.41, 5.74) is 12.0. The number of allylic oxidation sites excluding steroid dienone is 2. The molecule has 0 amide bonds. The normalized spacial score (nSPS) is 14.8. The third kappa shape index (κ3) is 3.39. The Kier molecular flexibility index (Phi) is 4.67. The molecule has 0 unspecified atom stereocenters. The Morgan fingerprint density at radius 1 is 0.846 bits per heavy atom. The van der Waals surface area contributed by atoms with E-state index in [1.807, 2.05) is 0 Å². The van der Waals surface area contributed by atoms with Crippen molar-refractivity contribution in [3.63, 3.8) is 0 Å². The van der Waals surface area contributed by atoms with Crippen molar-refractivity contribution in [3.05, 3.63) is 64.2 Å². The summed E-state index contributed by atoms with van der Waals surface area (Å²) in [7, 11) is 0. The average Bonchev–Trinajstić information content (AvgIpc) is 2.89. The SMILES string of the molecule is CCC1=C(C)c2c(cccc2-c2cc(C(C)(C)C)cc(C(C)(C)C)c2)C1. The first-order valence-electron chi connectivity index (χ1n) is 9.99. The maximum absolute atomic E-state index is 2.42. The van der Waals surface area contributed by atoms with Crippen molar-refractivity contribution in [2.45, 2.75) is 79.1 Å². The lowest BCUT2D eigenvalue weighted by molar-refractivity contribution is 0.569. The number of fused-ring (bicyclic) bond motifs is 1. The van der Waals surface area contributed by atoms with Crippen LogP contribution in [0.5, 0.6) is 0 Å². The monoisotopic (exact) mass is 346 g/mol. The first-order chi connectivity index (χ1) is 12.0. The largest absolute Gasteiger partial charge is 0.0625 e. The lowest BCUT2D eigenvalue weighted by Gasteiger charge is -2.27. The van der Waals surface area contributed by atoms with Gasteiger partial charge in [-0.2, -0.15) is 0 Å². The van der Waals surface area contributed by atoms with Crippen LogP contribution in [-0.4, -0.2) is 0 Å². The second-order valence-corrected chi connectivity index (χ2v) is 9.90. The van der Waals surface area contributed by atoms with Crippen molar-refractivity contribution in [1.29, 1.82) is 0 Å². The molecule has 3 rings (SSSR count). The molecule has 0 N–H and O–H groups in total. The highest BCUT2D eigenvalue weighted by Crippen LogP contribution is 2.42. The maximum Gasteiger partial charge on any atom is -0.00550 e. The fourth-order valence-corrected chi connectivity index (χ4v) is 4.01. The van der Waals surface area contributed by atoms with Crippen molar-refractivity contribution in [2.75, 3.05) is 0 Å². The zero-order valence-corrected chi connectivity index (χ0v) is 17.9. The molecule has 0 saturated carbocycles. The number of hydrogen-bond acceptors (Lipinski definition) is 0. The van der Waals surface area contributed by atoms with Crippen LogP contribution in [0.2, 0.25) is 0 Å². The van der Waals surface area contributed by atoms with Gasteiger partial charge in [-0.25, -0.2) is 0 Å². The van der Waals surface area contributed by atoms with Gasteiger partial charge in [-0.15, -0.1) is 0 Å². The summed E-state index contributed by atoms with van der Waals surface area (Å²) < 4.78 is 0. The van der Waals surface area contributed by atoms with E-state index in [0.717, 1.165) is 12.8 Å². The quantitative estimate of drug-likeness (QED) is 0.523. The molecule has 0 heterocycles. The molecule has 1 aliphatic carbocycles. The third-order valence-electron chi connectivity index (χ3n) is 5.86. The Morgan fingerprint density at radius 3 is 1.92 bits per heavy atom. The summed E-state index contributed by atoms with van der Waals surface area (Å²) in [6.07, 6.45) is 2.27. The molecule has 0 spiro atoms. The zero-order valence-electron chi connectivity index (χ0n) is 17.9. The van der Waals surface area contributed by atoms with Crippen LogP contribution in [-0.2, 0) is 17.3 Å². The zero-order chi connectivity index (χ0) is 19.3. The molecule has 0 atom stereocenters. The Morgan fingerprint density at radius 2 is 1.42 bits per heavy atom. The molecule has 0 nitrogen and oxygen atoms in total. The van der Waals surface area contributed by atoms with Crippen LogP contribution in [0.15, 0.2) is 42.0 Å². The molecule has 26 heavy (non-hydrogen) atoms. The molecule has 0 bridgehead atoms. The Hall–Kier alpha value is -1.82. The van der Waals surface area contributed by atoms with E-state index in [4.69, 9.17) is 0 Å². The van der Waals surface area contributed by atoms with Crippen LogP contribution in [0.4, 0.5) is 0 Å². The van der Waals surface area contributed by atoms with Crippen LogP contribution >= 0.6 is 0 Å². The van der Waals surface area contributed by atoms with Crippen molar-refractivity contribution >= 4 is 5.57 Å². The molecular weight excluding hydrogens is 312 g/mol. The van der Waals surface area contributed by atoms with Crippen molar-refractivity contribution < 1.29 is 0 Å². The molecular formula is C26H34. The van der Waals surface area contributed by atoms with Crippen LogP contribution in [0, 0.1) is 0 Å². The van der Waals surface area contributed by atoms with Gasteiger partial charge in [0.1, 0.15) is 0 Å². The van der Waals surface area contributed by atoms with E-state index in [2.05, 4.69) is 91.8 Å². The van der Waals surface area contributed by atoms with Gasteiger partial charge in [-0.3, -0.25) is 0 Å². The van der Waals surface area contributed by atoms with Crippen LogP contribution < -0.4 is 0 Å². The van der Waals surface area contributed by atoms with E-state index in [9.17, 15) is 0 Å². The molecule has 0 saturated heterocycles. The van der Waals surface area contributed by atoms with Gasteiger partial charge in [0.05, 0.1) is 0 Å². The maximum atomic E-state index is 2.42. The molecule has 1 aliphatic rings. The predicted octanol–water partition coefficient (Wildman–Crippen LogP) is 7.69. The van der Waals surface area contributed by atoms with Gasteiger partial charge >= 0.3 is 0 Å². The highest BCUT2D eigenvalue weighted by molar-refractivity contribution is 5.87. The van der Waals surface area contributed by atoms with Gasteiger partial charge in [0, 0.05) is 0 Å². The van der Waals surface area contributed by atoms with Crippen LogP contribution in [0.25, 0.3) is 16.7 Å². The summed E-state index contributed by atoms with van der Waals surface area (Å²) >= 11 is 0. The van der Waals surface area contributed by atoms with E-state index in [1.54, 1.807) is 5.57 Å². The van der Waals surface area contributed by atoms with Gasteiger partial charge in [0.25, 0.3) is 0 Å². The van der Waals surface area contributed by atoms with E-state index < -0.39 is 0 Å². The van der Waals surface area contributed by atoms with Gasteiger partial charge < -0.3 is 0 Å². The number of benzene rings is 2. The number of rotatable bonds is 2. The average molecular weight is 347 g/mol. The lowest BCUT2D eigenvalue weighted by atomic mass is 9.78. The van der Waals surface area contributed by atoms with Gasteiger partial charge in [0.2, 0.25) is 0 Å². The van der Waals surface area contributed by atoms with Crippen LogP contribution in [0.1, 0.15) is 84.1 Å². The standard InChI is InChI=1S/C26H34/c1-9-18-13-19-11-10-12-23(24(19)17(18)2)20-14-21(25(3,4)5)16-22(15-20)26(6,7)8/h10-12,14-16H,9,13H2,1-8H3. The molecule has 0 aliphatic heterocycles. The first-order valence-corrected chi connectivity index (χ1v) is 9.99. The molecule has 0 aromatic heterocycles.